The normalized spacial score (nSPS) is 14.6. The van der Waals surface area contributed by atoms with Gasteiger partial charge in [0.1, 0.15) is 5.70 Å². The number of nitrogens with two attached hydrogens (primary N) is 1. The highest BCUT2D eigenvalue weighted by atomic mass is 16.2. The molecule has 0 fully saturated rings. The predicted molar refractivity (Wildman–Crippen MR) is 93.0 cm³/mol. The number of nitrogens with zero attached hydrogens (tertiary/aromatic N) is 3. The van der Waals surface area contributed by atoms with Crippen LogP contribution in [0.25, 0.3) is 16.5 Å². The summed E-state index contributed by atoms with van der Waals surface area (Å²) >= 11 is 0. The highest BCUT2D eigenvalue weighted by Gasteiger charge is 2.31. The van der Waals surface area contributed by atoms with Crippen LogP contribution in [0, 0.1) is 0 Å². The third kappa shape index (κ3) is 2.59. The Bertz CT molecular complexity index is 998. The van der Waals surface area contributed by atoms with E-state index < -0.39 is 11.8 Å². The van der Waals surface area contributed by atoms with E-state index in [1.165, 1.54) is 0 Å². The quantitative estimate of drug-likeness (QED) is 0.686. The molecular formula is C18H17N5O2. The summed E-state index contributed by atoms with van der Waals surface area (Å²) in [7, 11) is 0. The van der Waals surface area contributed by atoms with Crippen molar-refractivity contribution in [1.82, 2.24) is 19.4 Å². The van der Waals surface area contributed by atoms with E-state index in [1.54, 1.807) is 12.5 Å². The molecule has 7 nitrogen and oxygen atoms in total. The van der Waals surface area contributed by atoms with Crippen LogP contribution in [0.5, 0.6) is 0 Å². The van der Waals surface area contributed by atoms with E-state index in [0.29, 0.717) is 5.56 Å². The number of imide groups is 1. The lowest BCUT2D eigenvalue weighted by Crippen LogP contribution is -2.24. The Balaban J connectivity index is 1.69. The first-order valence-corrected chi connectivity index (χ1v) is 8.04. The number of rotatable bonds is 5. The Kier molecular flexibility index (Phi) is 3.61. The molecule has 1 aromatic carbocycles. The fourth-order valence-electron chi connectivity index (χ4n) is 3.21. The zero-order valence-electron chi connectivity index (χ0n) is 13.5. The highest BCUT2D eigenvalue weighted by molar-refractivity contribution is 6.37. The number of aromatic nitrogens is 3. The SMILES string of the molecule is NC1=C(c2cn(CCCn3ccnc3)c3ccccc23)C(=O)NC1=O. The van der Waals surface area contributed by atoms with E-state index >= 15 is 0 Å². The third-order valence-electron chi connectivity index (χ3n) is 4.40. The van der Waals surface area contributed by atoms with Gasteiger partial charge in [-0.2, -0.15) is 0 Å². The van der Waals surface area contributed by atoms with E-state index in [2.05, 4.69) is 14.9 Å². The van der Waals surface area contributed by atoms with Gasteiger partial charge in [-0.15, -0.1) is 0 Å². The largest absolute Gasteiger partial charge is 0.394 e. The molecule has 0 spiro atoms. The molecule has 4 rings (SSSR count). The summed E-state index contributed by atoms with van der Waals surface area (Å²) in [6.07, 6.45) is 8.29. The van der Waals surface area contributed by atoms with Crippen LogP contribution < -0.4 is 11.1 Å². The van der Waals surface area contributed by atoms with Gasteiger partial charge in [-0.1, -0.05) is 18.2 Å². The van der Waals surface area contributed by atoms with Crippen LogP contribution in [-0.2, 0) is 22.7 Å². The average Bonchev–Trinajstić information content (AvgIpc) is 3.29. The molecule has 7 heteroatoms. The zero-order chi connectivity index (χ0) is 17.4. The van der Waals surface area contributed by atoms with E-state index in [9.17, 15) is 9.59 Å². The third-order valence-corrected chi connectivity index (χ3v) is 4.40. The van der Waals surface area contributed by atoms with Crippen LogP contribution in [0.3, 0.4) is 0 Å². The van der Waals surface area contributed by atoms with Crippen molar-refractivity contribution in [3.63, 3.8) is 0 Å². The van der Waals surface area contributed by atoms with Crippen LogP contribution in [-0.4, -0.2) is 25.9 Å². The first kappa shape index (κ1) is 15.2. The molecule has 25 heavy (non-hydrogen) atoms. The van der Waals surface area contributed by atoms with E-state index in [4.69, 9.17) is 5.73 Å². The maximum Gasteiger partial charge on any atom is 0.274 e. The summed E-state index contributed by atoms with van der Waals surface area (Å²) in [5.74, 6) is -0.972. The number of imidazole rings is 1. The molecule has 3 heterocycles. The standard InChI is InChI=1S/C18H17N5O2/c19-16-15(17(24)21-18(16)25)13-10-23(14-5-2-1-4-12(13)14)8-3-7-22-9-6-20-11-22/h1-2,4-6,9-11H,3,7-8H2,(H3,19,21,24,25). The molecule has 0 unspecified atom stereocenters. The number of carbonyl (C=O) groups excluding carboxylic acids is 2. The van der Waals surface area contributed by atoms with Crippen molar-refractivity contribution < 1.29 is 9.59 Å². The lowest BCUT2D eigenvalue weighted by Gasteiger charge is -2.05. The van der Waals surface area contributed by atoms with Crippen molar-refractivity contribution in [2.24, 2.45) is 5.73 Å². The van der Waals surface area contributed by atoms with Gasteiger partial charge in [0.15, 0.2) is 0 Å². The molecule has 2 aromatic heterocycles. The lowest BCUT2D eigenvalue weighted by molar-refractivity contribution is -0.123. The molecule has 1 aliphatic rings. The Morgan fingerprint density at radius 1 is 1.12 bits per heavy atom. The number of hydrogen-bond acceptors (Lipinski definition) is 4. The van der Waals surface area contributed by atoms with Crippen LogP contribution in [0.4, 0.5) is 0 Å². The maximum atomic E-state index is 12.1. The van der Waals surface area contributed by atoms with Crippen LogP contribution in [0.1, 0.15) is 12.0 Å². The molecule has 3 N–H and O–H groups in total. The molecule has 0 radical (unpaired) electrons. The van der Waals surface area contributed by atoms with E-state index in [0.717, 1.165) is 30.4 Å². The summed E-state index contributed by atoms with van der Waals surface area (Å²) in [6.45, 7) is 1.63. The van der Waals surface area contributed by atoms with Gasteiger partial charge in [0.25, 0.3) is 11.8 Å². The Hall–Kier alpha value is -3.35. The summed E-state index contributed by atoms with van der Waals surface area (Å²) in [5, 5.41) is 3.16. The van der Waals surface area contributed by atoms with Gasteiger partial charge < -0.3 is 14.9 Å². The minimum absolute atomic E-state index is 0.0219. The number of benzene rings is 1. The maximum absolute atomic E-state index is 12.1. The molecule has 1 aliphatic heterocycles. The minimum atomic E-state index is -0.531. The molecule has 126 valence electrons. The zero-order valence-corrected chi connectivity index (χ0v) is 13.5. The summed E-state index contributed by atoms with van der Waals surface area (Å²) in [4.78, 5) is 27.9. The van der Waals surface area contributed by atoms with Crippen LogP contribution in [0.15, 0.2) is 54.9 Å². The number of para-hydroxylation sites is 1. The monoisotopic (exact) mass is 335 g/mol. The molecule has 0 aliphatic carbocycles. The molecule has 0 saturated carbocycles. The second kappa shape index (κ2) is 5.94. The number of carbonyl (C=O) groups is 2. The molecule has 3 aromatic rings. The molecular weight excluding hydrogens is 318 g/mol. The van der Waals surface area contributed by atoms with Crippen molar-refractivity contribution in [2.75, 3.05) is 0 Å². The van der Waals surface area contributed by atoms with Gasteiger partial charge >= 0.3 is 0 Å². The molecule has 0 saturated heterocycles. The van der Waals surface area contributed by atoms with Gasteiger partial charge in [-0.3, -0.25) is 14.9 Å². The number of aryl methyl sites for hydroxylation is 2. The minimum Gasteiger partial charge on any atom is -0.394 e. The van der Waals surface area contributed by atoms with Crippen LogP contribution in [0.2, 0.25) is 0 Å². The highest BCUT2D eigenvalue weighted by Crippen LogP contribution is 2.30. The number of nitrogens with one attached hydrogen (secondary N) is 1. The predicted octanol–water partition coefficient (Wildman–Crippen LogP) is 1.25. The van der Waals surface area contributed by atoms with Crippen molar-refractivity contribution in [2.45, 2.75) is 19.5 Å². The summed E-state index contributed by atoms with van der Waals surface area (Å²) in [5.41, 5.74) is 7.78. The molecule has 0 bridgehead atoms. The average molecular weight is 335 g/mol. The van der Waals surface area contributed by atoms with Gasteiger partial charge in [-0.25, -0.2) is 4.98 Å². The fraction of sp³-hybridized carbons (Fsp3) is 0.167. The Morgan fingerprint density at radius 2 is 1.96 bits per heavy atom. The van der Waals surface area contributed by atoms with Crippen molar-refractivity contribution >= 4 is 28.3 Å². The van der Waals surface area contributed by atoms with E-state index in [-0.39, 0.29) is 11.3 Å². The van der Waals surface area contributed by atoms with E-state index in [1.807, 2.05) is 41.2 Å². The summed E-state index contributed by atoms with van der Waals surface area (Å²) in [6, 6.07) is 7.80. The van der Waals surface area contributed by atoms with Crippen molar-refractivity contribution in [3.8, 4) is 0 Å². The van der Waals surface area contributed by atoms with Gasteiger partial charge in [0.05, 0.1) is 11.9 Å². The van der Waals surface area contributed by atoms with Crippen LogP contribution >= 0.6 is 0 Å². The van der Waals surface area contributed by atoms with Gasteiger partial charge in [0.2, 0.25) is 0 Å². The Labute approximate surface area is 143 Å². The van der Waals surface area contributed by atoms with Gasteiger partial charge in [-0.05, 0) is 12.5 Å². The van der Waals surface area contributed by atoms with Crippen molar-refractivity contribution in [1.29, 1.82) is 0 Å². The molecule has 0 atom stereocenters. The number of hydrogen-bond donors (Lipinski definition) is 2. The lowest BCUT2D eigenvalue weighted by atomic mass is 10.0. The first-order valence-electron chi connectivity index (χ1n) is 8.04. The Morgan fingerprint density at radius 3 is 2.68 bits per heavy atom. The topological polar surface area (TPSA) is 94.9 Å². The number of amides is 2. The fourth-order valence-corrected chi connectivity index (χ4v) is 3.21. The van der Waals surface area contributed by atoms with Crippen molar-refractivity contribution in [3.05, 3.63) is 60.4 Å². The first-order chi connectivity index (χ1) is 12.1. The number of fused-ring (bicyclic) bond motifs is 1. The second-order valence-corrected chi connectivity index (χ2v) is 5.98. The van der Waals surface area contributed by atoms with Gasteiger partial charge in [0, 0.05) is 48.1 Å². The molecule has 2 amide bonds. The smallest absolute Gasteiger partial charge is 0.274 e. The second-order valence-electron chi connectivity index (χ2n) is 5.98. The summed E-state index contributed by atoms with van der Waals surface area (Å²) < 4.78 is 4.12.